The van der Waals surface area contributed by atoms with Gasteiger partial charge >= 0.3 is 5.97 Å². The van der Waals surface area contributed by atoms with Crippen molar-refractivity contribution in [3.63, 3.8) is 0 Å². The summed E-state index contributed by atoms with van der Waals surface area (Å²) in [5.41, 5.74) is 0.122. The number of thiazole rings is 1. The molecule has 5 heterocycles. The Balaban J connectivity index is 1.38. The molecule has 9 nitrogen and oxygen atoms in total. The third-order valence-corrected chi connectivity index (χ3v) is 7.42. The maximum absolute atomic E-state index is 12.9. The molecule has 0 unspecified atom stereocenters. The van der Waals surface area contributed by atoms with Crippen molar-refractivity contribution in [1.29, 1.82) is 0 Å². The van der Waals surface area contributed by atoms with Crippen LogP contribution in [0.1, 0.15) is 48.0 Å². The van der Waals surface area contributed by atoms with E-state index >= 15 is 0 Å². The number of rotatable bonds is 7. The van der Waals surface area contributed by atoms with Gasteiger partial charge in [-0.15, -0.1) is 11.3 Å². The fraction of sp³-hybridized carbons (Fsp3) is 0.458. The summed E-state index contributed by atoms with van der Waals surface area (Å²) in [6.45, 7) is 3.73. The molecule has 3 aromatic rings. The third kappa shape index (κ3) is 4.23. The molecular weight excluding hydrogens is 456 g/mol. The second-order valence-electron chi connectivity index (χ2n) is 8.95. The number of carboxylic acids is 1. The zero-order chi connectivity index (χ0) is 23.8. The number of ether oxygens (including phenoxy) is 1. The second kappa shape index (κ2) is 9.27. The molecule has 0 saturated carbocycles. The van der Waals surface area contributed by atoms with E-state index in [-0.39, 0.29) is 28.8 Å². The Hall–Kier alpha value is -3.11. The number of carbonyl (C=O) groups is 2. The van der Waals surface area contributed by atoms with Gasteiger partial charge in [0.15, 0.2) is 10.8 Å². The maximum Gasteiger partial charge on any atom is 0.341 e. The van der Waals surface area contributed by atoms with Crippen LogP contribution < -0.4 is 10.3 Å². The molecule has 0 aromatic carbocycles. The molecule has 1 N–H and O–H groups in total. The minimum absolute atomic E-state index is 0.0306. The van der Waals surface area contributed by atoms with Crippen molar-refractivity contribution in [1.82, 2.24) is 14.5 Å². The van der Waals surface area contributed by atoms with Crippen molar-refractivity contribution >= 4 is 39.9 Å². The fourth-order valence-corrected chi connectivity index (χ4v) is 5.30. The van der Waals surface area contributed by atoms with Crippen molar-refractivity contribution in [2.75, 3.05) is 24.6 Å². The highest BCUT2D eigenvalue weighted by molar-refractivity contribution is 7.12. The molecule has 1 atom stereocenters. The van der Waals surface area contributed by atoms with Crippen molar-refractivity contribution in [2.45, 2.75) is 45.1 Å². The quantitative estimate of drug-likeness (QED) is 0.546. The molecule has 2 saturated heterocycles. The smallest absolute Gasteiger partial charge is 0.341 e. The Bertz CT molecular complexity index is 1290. The minimum Gasteiger partial charge on any atom is -0.477 e. The zero-order valence-electron chi connectivity index (χ0n) is 18.9. The predicted octanol–water partition coefficient (Wildman–Crippen LogP) is 3.20. The van der Waals surface area contributed by atoms with Crippen LogP contribution in [0.3, 0.4) is 0 Å². The first kappa shape index (κ1) is 22.7. The minimum atomic E-state index is -1.29. The number of carboxylic acid groups (broad SMARTS) is 1. The van der Waals surface area contributed by atoms with Crippen LogP contribution in [0.4, 0.5) is 5.82 Å². The normalized spacial score (nSPS) is 18.7. The van der Waals surface area contributed by atoms with Gasteiger partial charge < -0.3 is 14.7 Å². The summed E-state index contributed by atoms with van der Waals surface area (Å²) in [7, 11) is 0. The van der Waals surface area contributed by atoms with Gasteiger partial charge in [0.1, 0.15) is 17.2 Å². The Morgan fingerprint density at radius 1 is 1.29 bits per heavy atom. The largest absolute Gasteiger partial charge is 0.477 e. The number of nitrogens with zero attached hydrogens (tertiary/aromatic N) is 4. The van der Waals surface area contributed by atoms with Gasteiger partial charge in [-0.25, -0.2) is 14.8 Å². The van der Waals surface area contributed by atoms with Crippen LogP contribution in [0.15, 0.2) is 28.6 Å². The number of hydrogen-bond donors (Lipinski definition) is 1. The number of anilines is 1. The lowest BCUT2D eigenvalue weighted by Gasteiger charge is -2.39. The molecule has 10 heteroatoms. The van der Waals surface area contributed by atoms with Crippen LogP contribution in [0.25, 0.3) is 16.2 Å². The van der Waals surface area contributed by atoms with Gasteiger partial charge in [0.2, 0.25) is 5.43 Å². The first-order valence-electron chi connectivity index (χ1n) is 11.5. The molecular formula is C24H26N4O5S. The summed E-state index contributed by atoms with van der Waals surface area (Å²) in [5, 5.41) is 12.1. The van der Waals surface area contributed by atoms with Crippen molar-refractivity contribution in [2.24, 2.45) is 5.92 Å². The van der Waals surface area contributed by atoms with Crippen LogP contribution in [0.5, 0.6) is 0 Å². The van der Waals surface area contributed by atoms with Crippen molar-refractivity contribution < 1.29 is 19.4 Å². The molecule has 2 fully saturated rings. The van der Waals surface area contributed by atoms with Crippen molar-refractivity contribution in [3.05, 3.63) is 45.2 Å². The Labute approximate surface area is 200 Å². The van der Waals surface area contributed by atoms with E-state index in [0.29, 0.717) is 41.7 Å². The number of aryl methyl sites for hydroxylation is 1. The Morgan fingerprint density at radius 3 is 2.79 bits per heavy atom. The SMILES string of the molecule is Cc1cc(N2CC(C(=O)CC[C@H]3CCCCO3)C2)nc2c1c(=O)c(C(=O)O)cn2-c1nccs1. The van der Waals surface area contributed by atoms with Crippen molar-refractivity contribution in [3.8, 4) is 5.13 Å². The summed E-state index contributed by atoms with van der Waals surface area (Å²) in [6, 6.07) is 1.79. The number of hydrogen-bond acceptors (Lipinski definition) is 8. The van der Waals surface area contributed by atoms with E-state index in [4.69, 9.17) is 9.72 Å². The van der Waals surface area contributed by atoms with Gasteiger partial charge in [-0.3, -0.25) is 14.2 Å². The Morgan fingerprint density at radius 2 is 2.12 bits per heavy atom. The van der Waals surface area contributed by atoms with Crippen LogP contribution >= 0.6 is 11.3 Å². The van der Waals surface area contributed by atoms with E-state index < -0.39 is 11.4 Å². The van der Waals surface area contributed by atoms with E-state index in [1.54, 1.807) is 29.1 Å². The first-order valence-corrected chi connectivity index (χ1v) is 12.4. The van der Waals surface area contributed by atoms with Gasteiger partial charge in [-0.05, 0) is 44.2 Å². The lowest BCUT2D eigenvalue weighted by molar-refractivity contribution is -0.124. The zero-order valence-corrected chi connectivity index (χ0v) is 19.7. The number of Topliss-reactive ketones (excluding diaryl/α,β-unsaturated/α-hetero) is 1. The van der Waals surface area contributed by atoms with Crippen LogP contribution in [0.2, 0.25) is 0 Å². The molecule has 0 aliphatic carbocycles. The molecule has 2 aliphatic rings. The lowest BCUT2D eigenvalue weighted by Crippen LogP contribution is -2.51. The average molecular weight is 483 g/mol. The molecule has 0 spiro atoms. The molecule has 34 heavy (non-hydrogen) atoms. The summed E-state index contributed by atoms with van der Waals surface area (Å²) >= 11 is 1.33. The first-order chi connectivity index (χ1) is 16.4. The van der Waals surface area contributed by atoms with E-state index in [2.05, 4.69) is 4.98 Å². The number of fused-ring (bicyclic) bond motifs is 1. The number of aromatic carboxylic acids is 1. The maximum atomic E-state index is 12.9. The lowest BCUT2D eigenvalue weighted by atomic mass is 9.90. The number of ketones is 1. The molecule has 5 rings (SSSR count). The highest BCUT2D eigenvalue weighted by Crippen LogP contribution is 2.29. The van der Waals surface area contributed by atoms with Gasteiger partial charge in [0.25, 0.3) is 0 Å². The summed E-state index contributed by atoms with van der Waals surface area (Å²) in [6.07, 6.45) is 7.75. The highest BCUT2D eigenvalue weighted by Gasteiger charge is 2.34. The highest BCUT2D eigenvalue weighted by atomic mass is 32.1. The fourth-order valence-electron chi connectivity index (χ4n) is 4.68. The summed E-state index contributed by atoms with van der Waals surface area (Å²) < 4.78 is 7.30. The van der Waals surface area contributed by atoms with Crippen LogP contribution in [-0.4, -0.2) is 57.2 Å². The monoisotopic (exact) mass is 482 g/mol. The number of aromatic nitrogens is 3. The van der Waals surface area contributed by atoms with Crippen LogP contribution in [0, 0.1) is 12.8 Å². The van der Waals surface area contributed by atoms with Crippen LogP contribution in [-0.2, 0) is 9.53 Å². The van der Waals surface area contributed by atoms with E-state index in [9.17, 15) is 19.5 Å². The number of carbonyl (C=O) groups excluding carboxylic acids is 1. The number of pyridine rings is 2. The molecule has 0 amide bonds. The molecule has 3 aromatic heterocycles. The molecule has 2 aliphatic heterocycles. The average Bonchev–Trinajstić information content (AvgIpc) is 3.32. The summed E-state index contributed by atoms with van der Waals surface area (Å²) in [5.74, 6) is -0.397. The topological polar surface area (TPSA) is 115 Å². The molecule has 0 radical (unpaired) electrons. The molecule has 0 bridgehead atoms. The van der Waals surface area contributed by atoms with E-state index in [1.807, 2.05) is 4.90 Å². The summed E-state index contributed by atoms with van der Waals surface area (Å²) in [4.78, 5) is 48.3. The molecule has 178 valence electrons. The standard InChI is InChI=1S/C24H26N4O5S/c1-14-10-19(27-11-15(12-27)18(29)6-5-16-4-2-3-8-33-16)26-22-20(14)21(30)17(23(31)32)13-28(22)24-25-7-9-34-24/h7,9-10,13,15-16H,2-6,8,11-12H2,1H3,(H,31,32)/t16-/m1/s1. The van der Waals surface area contributed by atoms with Gasteiger partial charge in [-0.1, -0.05) is 0 Å². The van der Waals surface area contributed by atoms with E-state index in [1.165, 1.54) is 24.0 Å². The van der Waals surface area contributed by atoms with Gasteiger partial charge in [0.05, 0.1) is 17.4 Å². The van der Waals surface area contributed by atoms with Gasteiger partial charge in [0, 0.05) is 43.9 Å². The predicted molar refractivity (Wildman–Crippen MR) is 128 cm³/mol. The third-order valence-electron chi connectivity index (χ3n) is 6.65. The second-order valence-corrected chi connectivity index (χ2v) is 9.83. The van der Waals surface area contributed by atoms with E-state index in [0.717, 1.165) is 25.9 Å². The van der Waals surface area contributed by atoms with Gasteiger partial charge in [-0.2, -0.15) is 0 Å². The Kier molecular flexibility index (Phi) is 6.18.